The van der Waals surface area contributed by atoms with E-state index in [0.29, 0.717) is 6.61 Å². The van der Waals surface area contributed by atoms with Gasteiger partial charge >= 0.3 is 11.9 Å². The highest BCUT2D eigenvalue weighted by Gasteiger charge is 2.39. The molecule has 0 aromatic heterocycles. The standard InChI is InChI=1S/C17H22N2O4/c1-4-22-17(21)15-14(16(20)23-11-12(2)3)10-19(18-15)13-8-6-5-7-9-13/h5-9,12,14H,4,10-11H2,1-3H3/t14-/m1/s1. The molecule has 1 aromatic rings. The molecule has 0 N–H and O–H groups in total. The van der Waals surface area contributed by atoms with E-state index in [2.05, 4.69) is 5.10 Å². The summed E-state index contributed by atoms with van der Waals surface area (Å²) in [4.78, 5) is 24.4. The largest absolute Gasteiger partial charge is 0.465 e. The third kappa shape index (κ3) is 4.31. The zero-order valence-electron chi connectivity index (χ0n) is 13.7. The fourth-order valence-electron chi connectivity index (χ4n) is 2.19. The lowest BCUT2D eigenvalue weighted by atomic mass is 10.0. The smallest absolute Gasteiger partial charge is 0.355 e. The third-order valence-electron chi connectivity index (χ3n) is 3.30. The van der Waals surface area contributed by atoms with E-state index in [1.807, 2.05) is 44.2 Å². The van der Waals surface area contributed by atoms with Gasteiger partial charge in [0.05, 0.1) is 25.4 Å². The lowest BCUT2D eigenvalue weighted by Gasteiger charge is -2.16. The monoisotopic (exact) mass is 318 g/mol. The van der Waals surface area contributed by atoms with E-state index in [0.717, 1.165) is 5.69 Å². The molecule has 6 heteroatoms. The predicted molar refractivity (Wildman–Crippen MR) is 87.1 cm³/mol. The van der Waals surface area contributed by atoms with E-state index < -0.39 is 17.9 Å². The van der Waals surface area contributed by atoms with Crippen LogP contribution < -0.4 is 5.01 Å². The molecule has 0 fully saturated rings. The van der Waals surface area contributed by atoms with Crippen LogP contribution in [0.1, 0.15) is 20.8 Å². The van der Waals surface area contributed by atoms with Crippen LogP contribution in [0.25, 0.3) is 0 Å². The van der Waals surface area contributed by atoms with Crippen molar-refractivity contribution < 1.29 is 19.1 Å². The van der Waals surface area contributed by atoms with Gasteiger partial charge in [-0.25, -0.2) is 4.79 Å². The van der Waals surface area contributed by atoms with Crippen LogP contribution in [0.5, 0.6) is 0 Å². The first-order chi connectivity index (χ1) is 11.0. The van der Waals surface area contributed by atoms with Crippen molar-refractivity contribution in [3.63, 3.8) is 0 Å². The van der Waals surface area contributed by atoms with Gasteiger partial charge in [0.1, 0.15) is 5.92 Å². The second-order valence-electron chi connectivity index (χ2n) is 5.70. The molecular formula is C17H22N2O4. The average Bonchev–Trinajstić information content (AvgIpc) is 2.99. The van der Waals surface area contributed by atoms with Crippen molar-refractivity contribution in [2.45, 2.75) is 20.8 Å². The molecule has 23 heavy (non-hydrogen) atoms. The Bertz CT molecular complexity index is 584. The molecule has 1 heterocycles. The minimum absolute atomic E-state index is 0.101. The summed E-state index contributed by atoms with van der Waals surface area (Å²) in [6, 6.07) is 9.38. The van der Waals surface area contributed by atoms with Crippen LogP contribution in [0.3, 0.4) is 0 Å². The predicted octanol–water partition coefficient (Wildman–Crippen LogP) is 2.24. The highest BCUT2D eigenvalue weighted by Crippen LogP contribution is 2.23. The Balaban J connectivity index is 2.18. The highest BCUT2D eigenvalue weighted by molar-refractivity contribution is 6.41. The molecule has 0 aliphatic carbocycles. The van der Waals surface area contributed by atoms with Gasteiger partial charge in [-0.15, -0.1) is 0 Å². The Morgan fingerprint density at radius 1 is 1.26 bits per heavy atom. The second kappa shape index (κ2) is 7.76. The van der Waals surface area contributed by atoms with E-state index in [1.54, 1.807) is 11.9 Å². The summed E-state index contributed by atoms with van der Waals surface area (Å²) in [6.07, 6.45) is 0. The molecular weight excluding hydrogens is 296 g/mol. The van der Waals surface area contributed by atoms with E-state index in [-0.39, 0.29) is 24.8 Å². The van der Waals surface area contributed by atoms with Crippen molar-refractivity contribution in [3.05, 3.63) is 30.3 Å². The molecule has 0 bridgehead atoms. The molecule has 1 atom stereocenters. The summed E-state index contributed by atoms with van der Waals surface area (Å²) in [5, 5.41) is 5.91. The van der Waals surface area contributed by atoms with Crippen LogP contribution in [0.15, 0.2) is 35.4 Å². The Kier molecular flexibility index (Phi) is 5.73. The van der Waals surface area contributed by atoms with Gasteiger partial charge in [0.15, 0.2) is 5.71 Å². The Morgan fingerprint density at radius 3 is 2.57 bits per heavy atom. The van der Waals surface area contributed by atoms with Gasteiger partial charge in [-0.05, 0) is 25.0 Å². The summed E-state index contributed by atoms with van der Waals surface area (Å²) >= 11 is 0. The number of carbonyl (C=O) groups excluding carboxylic acids is 2. The van der Waals surface area contributed by atoms with Gasteiger partial charge in [-0.1, -0.05) is 32.0 Å². The number of hydrogen-bond donors (Lipinski definition) is 0. The van der Waals surface area contributed by atoms with Crippen molar-refractivity contribution in [1.82, 2.24) is 0 Å². The van der Waals surface area contributed by atoms with Crippen LogP contribution in [0, 0.1) is 11.8 Å². The fraction of sp³-hybridized carbons (Fsp3) is 0.471. The maximum atomic E-state index is 12.3. The van der Waals surface area contributed by atoms with Gasteiger partial charge in [0.2, 0.25) is 0 Å². The Labute approximate surface area is 136 Å². The van der Waals surface area contributed by atoms with Crippen molar-refractivity contribution in [1.29, 1.82) is 0 Å². The molecule has 124 valence electrons. The van der Waals surface area contributed by atoms with Crippen LogP contribution in [-0.2, 0) is 19.1 Å². The molecule has 0 saturated carbocycles. The number of hydrazone groups is 1. The summed E-state index contributed by atoms with van der Waals surface area (Å²) in [7, 11) is 0. The third-order valence-corrected chi connectivity index (χ3v) is 3.30. The maximum Gasteiger partial charge on any atom is 0.355 e. The first kappa shape index (κ1) is 17.0. The summed E-state index contributed by atoms with van der Waals surface area (Å²) < 4.78 is 10.3. The number of anilines is 1. The zero-order valence-corrected chi connectivity index (χ0v) is 13.7. The number of nitrogens with zero attached hydrogens (tertiary/aromatic N) is 2. The van der Waals surface area contributed by atoms with E-state index in [4.69, 9.17) is 9.47 Å². The van der Waals surface area contributed by atoms with Crippen LogP contribution in [-0.4, -0.2) is 37.4 Å². The molecule has 6 nitrogen and oxygen atoms in total. The Morgan fingerprint density at radius 2 is 1.96 bits per heavy atom. The van der Waals surface area contributed by atoms with Gasteiger partial charge in [0.25, 0.3) is 0 Å². The SMILES string of the molecule is CCOC(=O)C1=NN(c2ccccc2)C[C@H]1C(=O)OCC(C)C. The summed E-state index contributed by atoms with van der Waals surface area (Å²) in [5.41, 5.74) is 0.915. The normalized spacial score (nSPS) is 17.1. The second-order valence-corrected chi connectivity index (χ2v) is 5.70. The molecule has 0 spiro atoms. The summed E-state index contributed by atoms with van der Waals surface area (Å²) in [6.45, 7) is 6.45. The average molecular weight is 318 g/mol. The summed E-state index contributed by atoms with van der Waals surface area (Å²) in [5.74, 6) is -1.51. The number of ether oxygens (including phenoxy) is 2. The maximum absolute atomic E-state index is 12.3. The molecule has 1 aliphatic rings. The molecule has 0 amide bonds. The minimum Gasteiger partial charge on any atom is -0.465 e. The van der Waals surface area contributed by atoms with Crippen LogP contribution >= 0.6 is 0 Å². The molecule has 0 saturated heterocycles. The number of benzene rings is 1. The van der Waals surface area contributed by atoms with Crippen molar-refractivity contribution in [3.8, 4) is 0 Å². The lowest BCUT2D eigenvalue weighted by Crippen LogP contribution is -2.33. The quantitative estimate of drug-likeness (QED) is 0.753. The Hall–Kier alpha value is -2.37. The van der Waals surface area contributed by atoms with Gasteiger partial charge in [-0.3, -0.25) is 9.80 Å². The first-order valence-corrected chi connectivity index (χ1v) is 7.77. The molecule has 0 unspecified atom stereocenters. The minimum atomic E-state index is -0.729. The number of rotatable bonds is 6. The number of hydrogen-bond acceptors (Lipinski definition) is 6. The molecule has 0 radical (unpaired) electrons. The van der Waals surface area contributed by atoms with Crippen LogP contribution in [0.4, 0.5) is 5.69 Å². The zero-order chi connectivity index (χ0) is 16.8. The van der Waals surface area contributed by atoms with Gasteiger partial charge in [0, 0.05) is 0 Å². The first-order valence-electron chi connectivity index (χ1n) is 7.77. The van der Waals surface area contributed by atoms with Gasteiger partial charge < -0.3 is 9.47 Å². The molecule has 1 aliphatic heterocycles. The highest BCUT2D eigenvalue weighted by atomic mass is 16.5. The van der Waals surface area contributed by atoms with E-state index in [9.17, 15) is 9.59 Å². The topological polar surface area (TPSA) is 68.2 Å². The van der Waals surface area contributed by atoms with Crippen molar-refractivity contribution in [2.75, 3.05) is 24.8 Å². The van der Waals surface area contributed by atoms with Crippen molar-refractivity contribution in [2.24, 2.45) is 16.9 Å². The molecule has 1 aromatic carbocycles. The molecule has 2 rings (SSSR count). The fourth-order valence-corrected chi connectivity index (χ4v) is 2.19. The van der Waals surface area contributed by atoms with E-state index >= 15 is 0 Å². The van der Waals surface area contributed by atoms with Crippen molar-refractivity contribution >= 4 is 23.3 Å². The van der Waals surface area contributed by atoms with Crippen LogP contribution in [0.2, 0.25) is 0 Å². The lowest BCUT2D eigenvalue weighted by molar-refractivity contribution is -0.148. The number of esters is 2. The number of carbonyl (C=O) groups is 2. The van der Waals surface area contributed by atoms with E-state index in [1.165, 1.54) is 0 Å². The number of para-hydroxylation sites is 1. The van der Waals surface area contributed by atoms with Gasteiger partial charge in [-0.2, -0.15) is 5.10 Å².